The Bertz CT molecular complexity index is 920. The molecule has 1 amide bonds. The quantitative estimate of drug-likeness (QED) is 0.238. The number of para-hydroxylation sites is 1. The average molecular weight is 381 g/mol. The van der Waals surface area contributed by atoms with Gasteiger partial charge in [-0.1, -0.05) is 36.4 Å². The van der Waals surface area contributed by atoms with E-state index in [1.165, 1.54) is 6.92 Å². The summed E-state index contributed by atoms with van der Waals surface area (Å²) in [6.45, 7) is 1.54. The number of anilines is 1. The SMILES string of the molecule is CCOC(=O)C(=[N+]=[N-])C(=O)CC(O)c1ccccc1NC(=O)c1ccccc1. The molecule has 2 aromatic carbocycles. The van der Waals surface area contributed by atoms with Gasteiger partial charge in [0.2, 0.25) is 0 Å². The lowest BCUT2D eigenvalue weighted by atomic mass is 10.00. The summed E-state index contributed by atoms with van der Waals surface area (Å²) >= 11 is 0. The molecule has 0 saturated carbocycles. The first-order chi connectivity index (χ1) is 13.5. The molecular weight excluding hydrogens is 362 g/mol. The molecule has 0 spiro atoms. The molecule has 2 rings (SSSR count). The molecule has 1 unspecified atom stereocenters. The van der Waals surface area contributed by atoms with E-state index in [0.29, 0.717) is 11.3 Å². The van der Waals surface area contributed by atoms with Gasteiger partial charge in [-0.3, -0.25) is 9.59 Å². The van der Waals surface area contributed by atoms with Crippen LogP contribution in [0.5, 0.6) is 0 Å². The number of amides is 1. The number of carbonyl (C=O) groups excluding carboxylic acids is 3. The molecule has 0 aliphatic heterocycles. The van der Waals surface area contributed by atoms with Crippen molar-refractivity contribution in [1.82, 2.24) is 0 Å². The highest BCUT2D eigenvalue weighted by Gasteiger charge is 2.33. The molecule has 8 nitrogen and oxygen atoms in total. The first-order valence-electron chi connectivity index (χ1n) is 8.53. The monoisotopic (exact) mass is 381 g/mol. The minimum Gasteiger partial charge on any atom is -0.457 e. The van der Waals surface area contributed by atoms with Crippen LogP contribution < -0.4 is 5.32 Å². The molecule has 0 saturated heterocycles. The molecule has 0 bridgehead atoms. The van der Waals surface area contributed by atoms with Gasteiger partial charge < -0.3 is 20.7 Å². The van der Waals surface area contributed by atoms with Gasteiger partial charge in [-0.2, -0.15) is 4.79 Å². The molecular formula is C20H19N3O5. The number of ether oxygens (including phenoxy) is 1. The third-order valence-corrected chi connectivity index (χ3v) is 3.82. The molecule has 0 aromatic heterocycles. The van der Waals surface area contributed by atoms with Gasteiger partial charge in [0.05, 0.1) is 12.7 Å². The van der Waals surface area contributed by atoms with Crippen molar-refractivity contribution in [2.75, 3.05) is 11.9 Å². The molecule has 0 aliphatic carbocycles. The zero-order valence-corrected chi connectivity index (χ0v) is 15.2. The summed E-state index contributed by atoms with van der Waals surface area (Å²) in [6, 6.07) is 14.9. The van der Waals surface area contributed by atoms with E-state index in [0.717, 1.165) is 0 Å². The first-order valence-corrected chi connectivity index (χ1v) is 8.53. The number of ketones is 1. The second kappa shape index (κ2) is 9.91. The van der Waals surface area contributed by atoms with Crippen LogP contribution in [0.2, 0.25) is 0 Å². The minimum absolute atomic E-state index is 0.00202. The van der Waals surface area contributed by atoms with Crippen LogP contribution in [0.15, 0.2) is 54.6 Å². The predicted molar refractivity (Wildman–Crippen MR) is 101 cm³/mol. The van der Waals surface area contributed by atoms with Crippen molar-refractivity contribution in [3.05, 3.63) is 71.3 Å². The van der Waals surface area contributed by atoms with Crippen molar-refractivity contribution >= 4 is 29.1 Å². The Labute approximate surface area is 161 Å². The number of hydrogen-bond donors (Lipinski definition) is 2. The molecule has 0 aliphatic rings. The van der Waals surface area contributed by atoms with Gasteiger partial charge in [-0.05, 0) is 25.1 Å². The van der Waals surface area contributed by atoms with Gasteiger partial charge in [-0.15, -0.1) is 0 Å². The van der Waals surface area contributed by atoms with E-state index in [1.807, 2.05) is 0 Å². The number of carbonyl (C=O) groups is 3. The maximum absolute atomic E-state index is 12.4. The fourth-order valence-electron chi connectivity index (χ4n) is 2.48. The number of aliphatic hydroxyl groups excluding tert-OH is 1. The topological polar surface area (TPSA) is 129 Å². The number of esters is 1. The number of hydrogen-bond acceptors (Lipinski definition) is 5. The lowest BCUT2D eigenvalue weighted by Crippen LogP contribution is -2.28. The molecule has 8 heteroatoms. The summed E-state index contributed by atoms with van der Waals surface area (Å²) in [5.41, 5.74) is 9.13. The summed E-state index contributed by atoms with van der Waals surface area (Å²) in [5, 5.41) is 13.1. The fourth-order valence-corrected chi connectivity index (χ4v) is 2.48. The highest BCUT2D eigenvalue weighted by atomic mass is 16.5. The van der Waals surface area contributed by atoms with Gasteiger partial charge in [-0.25, -0.2) is 4.79 Å². The Morgan fingerprint density at radius 1 is 1.11 bits per heavy atom. The van der Waals surface area contributed by atoms with Crippen LogP contribution in [-0.2, 0) is 14.3 Å². The van der Waals surface area contributed by atoms with E-state index in [-0.39, 0.29) is 18.1 Å². The van der Waals surface area contributed by atoms with Gasteiger partial charge in [0, 0.05) is 23.2 Å². The number of Topliss-reactive ketones (excluding diaryl/α,β-unsaturated/α-hetero) is 1. The lowest BCUT2D eigenvalue weighted by molar-refractivity contribution is -0.142. The summed E-state index contributed by atoms with van der Waals surface area (Å²) in [5.74, 6) is -2.35. The van der Waals surface area contributed by atoms with Crippen molar-refractivity contribution in [2.24, 2.45) is 0 Å². The number of benzene rings is 2. The van der Waals surface area contributed by atoms with Crippen molar-refractivity contribution in [1.29, 1.82) is 0 Å². The largest absolute Gasteiger partial charge is 0.457 e. The Morgan fingerprint density at radius 3 is 2.39 bits per heavy atom. The maximum Gasteiger partial charge on any atom is 0.441 e. The molecule has 28 heavy (non-hydrogen) atoms. The molecule has 1 atom stereocenters. The molecule has 0 heterocycles. The summed E-state index contributed by atoms with van der Waals surface area (Å²) < 4.78 is 4.64. The number of nitrogens with one attached hydrogen (secondary N) is 1. The van der Waals surface area contributed by atoms with Crippen molar-refractivity contribution in [3.63, 3.8) is 0 Å². The van der Waals surface area contributed by atoms with Crippen LogP contribution in [0.25, 0.3) is 5.53 Å². The second-order valence-electron chi connectivity index (χ2n) is 5.72. The Balaban J connectivity index is 2.17. The molecule has 2 aromatic rings. The Morgan fingerprint density at radius 2 is 1.75 bits per heavy atom. The zero-order chi connectivity index (χ0) is 20.5. The summed E-state index contributed by atoms with van der Waals surface area (Å²) in [4.78, 5) is 38.9. The first kappa shape index (κ1) is 20.7. The van der Waals surface area contributed by atoms with Crippen molar-refractivity contribution < 1.29 is 29.0 Å². The van der Waals surface area contributed by atoms with Crippen molar-refractivity contribution in [2.45, 2.75) is 19.4 Å². The van der Waals surface area contributed by atoms with Crippen LogP contribution in [0.4, 0.5) is 5.69 Å². The van der Waals surface area contributed by atoms with Crippen LogP contribution in [0.1, 0.15) is 35.4 Å². The van der Waals surface area contributed by atoms with Crippen LogP contribution in [-0.4, -0.2) is 39.9 Å². The highest BCUT2D eigenvalue weighted by Crippen LogP contribution is 2.26. The summed E-state index contributed by atoms with van der Waals surface area (Å²) in [7, 11) is 0. The smallest absolute Gasteiger partial charge is 0.441 e. The van der Waals surface area contributed by atoms with Gasteiger partial charge in [0.15, 0.2) is 0 Å². The zero-order valence-electron chi connectivity index (χ0n) is 15.2. The molecule has 0 fully saturated rings. The van der Waals surface area contributed by atoms with E-state index in [9.17, 15) is 19.5 Å². The Kier molecular flexibility index (Phi) is 7.33. The van der Waals surface area contributed by atoms with E-state index >= 15 is 0 Å². The fraction of sp³-hybridized carbons (Fsp3) is 0.200. The van der Waals surface area contributed by atoms with Crippen LogP contribution in [0, 0.1) is 0 Å². The van der Waals surface area contributed by atoms with Gasteiger partial charge in [0.1, 0.15) is 0 Å². The molecule has 2 N–H and O–H groups in total. The Hall–Kier alpha value is -3.61. The average Bonchev–Trinajstić information content (AvgIpc) is 2.69. The highest BCUT2D eigenvalue weighted by molar-refractivity contribution is 6.62. The predicted octanol–water partition coefficient (Wildman–Crippen LogP) is 2.17. The molecule has 144 valence electrons. The summed E-state index contributed by atoms with van der Waals surface area (Å²) in [6.07, 6.45) is -1.87. The number of nitrogens with zero attached hydrogens (tertiary/aromatic N) is 2. The van der Waals surface area contributed by atoms with Crippen LogP contribution in [0.3, 0.4) is 0 Å². The number of rotatable bonds is 8. The van der Waals surface area contributed by atoms with E-state index in [4.69, 9.17) is 5.53 Å². The van der Waals surface area contributed by atoms with E-state index in [2.05, 4.69) is 14.8 Å². The van der Waals surface area contributed by atoms with Gasteiger partial charge in [0.25, 0.3) is 11.7 Å². The minimum atomic E-state index is -1.34. The normalized spacial score (nSPS) is 11.1. The number of aliphatic hydroxyl groups is 1. The third-order valence-electron chi connectivity index (χ3n) is 3.82. The van der Waals surface area contributed by atoms with Crippen LogP contribution >= 0.6 is 0 Å². The standard InChI is InChI=1S/C20H19N3O5/c1-2-28-20(27)18(23-21)17(25)12-16(24)14-10-6-7-11-15(14)22-19(26)13-8-4-3-5-9-13/h3-11,16,24H,2,12H2,1H3,(H,22,26). The van der Waals surface area contributed by atoms with Crippen molar-refractivity contribution in [3.8, 4) is 0 Å². The third kappa shape index (κ3) is 5.20. The lowest BCUT2D eigenvalue weighted by Gasteiger charge is -2.15. The second-order valence-corrected chi connectivity index (χ2v) is 5.72. The van der Waals surface area contributed by atoms with E-state index in [1.54, 1.807) is 54.6 Å². The van der Waals surface area contributed by atoms with E-state index < -0.39 is 30.0 Å². The molecule has 0 radical (unpaired) electrons. The maximum atomic E-state index is 12.4. The van der Waals surface area contributed by atoms with Gasteiger partial charge >= 0.3 is 11.7 Å².